The van der Waals surface area contributed by atoms with Crippen LogP contribution in [0.3, 0.4) is 0 Å². The van der Waals surface area contributed by atoms with Crippen LogP contribution in [0.1, 0.15) is 41.1 Å². The summed E-state index contributed by atoms with van der Waals surface area (Å²) >= 11 is 0. The van der Waals surface area contributed by atoms with Gasteiger partial charge in [-0.25, -0.2) is 4.90 Å². The summed E-state index contributed by atoms with van der Waals surface area (Å²) < 4.78 is 40.7. The molecule has 1 amide bonds. The Morgan fingerprint density at radius 1 is 1.04 bits per heavy atom. The van der Waals surface area contributed by atoms with Gasteiger partial charge in [-0.05, 0) is 61.6 Å². The number of amides is 1. The van der Waals surface area contributed by atoms with Gasteiger partial charge in [-0.2, -0.15) is 0 Å². The molecule has 1 N–H and O–H groups in total. The van der Waals surface area contributed by atoms with Gasteiger partial charge in [0.25, 0.3) is 5.91 Å². The largest absolute Gasteiger partial charge is 0.491 e. The van der Waals surface area contributed by atoms with Crippen LogP contribution in [0, 0.1) is 5.92 Å². The lowest BCUT2D eigenvalue weighted by Gasteiger charge is -2.25. The highest BCUT2D eigenvalue weighted by molar-refractivity contribution is 6.06. The van der Waals surface area contributed by atoms with Crippen molar-refractivity contribution in [1.82, 2.24) is 5.32 Å². The molecule has 0 spiro atoms. The van der Waals surface area contributed by atoms with E-state index in [2.05, 4.69) is 5.32 Å². The van der Waals surface area contributed by atoms with Gasteiger partial charge in [-0.3, -0.25) is 4.79 Å². The Morgan fingerprint density at radius 2 is 1.70 bits per heavy atom. The second kappa shape index (κ2) is 7.00. The highest BCUT2D eigenvalue weighted by Crippen LogP contribution is 2.42. The van der Waals surface area contributed by atoms with Gasteiger partial charge in [0.15, 0.2) is 0 Å². The minimum Gasteiger partial charge on any atom is -0.313 e. The first kappa shape index (κ1) is 18.0. The van der Waals surface area contributed by atoms with Crippen molar-refractivity contribution in [3.05, 3.63) is 65.7 Å². The molecule has 6 heteroatoms. The van der Waals surface area contributed by atoms with E-state index in [0.29, 0.717) is 12.0 Å². The smallest absolute Gasteiger partial charge is 0.313 e. The van der Waals surface area contributed by atoms with Crippen LogP contribution in [0.5, 0.6) is 0 Å². The number of carbonyl (C=O) groups excluding carboxylic acids is 1. The van der Waals surface area contributed by atoms with Gasteiger partial charge in [-0.1, -0.05) is 30.3 Å². The molecule has 0 radical (unpaired) electrons. The summed E-state index contributed by atoms with van der Waals surface area (Å²) in [7, 11) is 0. The number of nitrogens with one attached hydrogen (secondary N) is 1. The predicted octanol–water partition coefficient (Wildman–Crippen LogP) is 4.71. The Morgan fingerprint density at radius 3 is 2.30 bits per heavy atom. The van der Waals surface area contributed by atoms with E-state index in [-0.39, 0.29) is 16.2 Å². The second-order valence-electron chi connectivity index (χ2n) is 7.37. The van der Waals surface area contributed by atoms with Crippen molar-refractivity contribution >= 4 is 11.6 Å². The monoisotopic (exact) mass is 374 g/mol. The molecule has 2 aromatic carbocycles. The van der Waals surface area contributed by atoms with Crippen molar-refractivity contribution in [2.45, 2.75) is 37.5 Å². The minimum atomic E-state index is -4.79. The van der Waals surface area contributed by atoms with E-state index < -0.39 is 12.2 Å². The van der Waals surface area contributed by atoms with Crippen molar-refractivity contribution in [2.75, 3.05) is 11.4 Å². The molecule has 2 fully saturated rings. The Balaban J connectivity index is 1.49. The number of rotatable bonds is 6. The Kier molecular flexibility index (Phi) is 4.68. The van der Waals surface area contributed by atoms with Gasteiger partial charge in [-0.15, -0.1) is 13.2 Å². The van der Waals surface area contributed by atoms with Crippen LogP contribution >= 0.6 is 0 Å². The van der Waals surface area contributed by atoms with E-state index in [1.165, 1.54) is 37.1 Å². The Labute approximate surface area is 156 Å². The third kappa shape index (κ3) is 4.16. The molecule has 27 heavy (non-hydrogen) atoms. The molecule has 3 nitrogen and oxygen atoms in total. The maximum absolute atomic E-state index is 13.6. The van der Waals surface area contributed by atoms with Gasteiger partial charge >= 0.3 is 6.30 Å². The van der Waals surface area contributed by atoms with Crippen molar-refractivity contribution in [3.8, 4) is 0 Å². The number of hydrogen-bond acceptors (Lipinski definition) is 2. The number of halogens is 3. The number of alkyl halides is 3. The van der Waals surface area contributed by atoms with E-state index in [1.807, 2.05) is 0 Å². The first-order valence-electron chi connectivity index (χ1n) is 9.23. The SMILES string of the molecule is O=C(c1ccccc1)N(c1ccc([C@@H]2C[C@H]2NCC2CC2)cc1)C(F)(F)F. The molecule has 0 unspecified atom stereocenters. The molecular weight excluding hydrogens is 353 g/mol. The summed E-state index contributed by atoms with van der Waals surface area (Å²) in [5.41, 5.74) is 0.856. The normalized spacial score (nSPS) is 21.7. The average Bonchev–Trinajstić information content (AvgIpc) is 3.55. The zero-order valence-corrected chi connectivity index (χ0v) is 14.7. The molecule has 0 aromatic heterocycles. The maximum atomic E-state index is 13.6. The lowest BCUT2D eigenvalue weighted by atomic mass is 10.1. The fraction of sp³-hybridized carbons (Fsp3) is 0.381. The van der Waals surface area contributed by atoms with E-state index in [0.717, 1.165) is 24.4 Å². The quantitative estimate of drug-likeness (QED) is 0.743. The highest BCUT2D eigenvalue weighted by Gasteiger charge is 2.43. The molecule has 0 heterocycles. The number of anilines is 1. The fourth-order valence-corrected chi connectivity index (χ4v) is 3.39. The fourth-order valence-electron chi connectivity index (χ4n) is 3.39. The lowest BCUT2D eigenvalue weighted by Crippen LogP contribution is -2.43. The van der Waals surface area contributed by atoms with Gasteiger partial charge in [0.05, 0.1) is 5.69 Å². The van der Waals surface area contributed by atoms with Crippen molar-refractivity contribution in [1.29, 1.82) is 0 Å². The standard InChI is InChI=1S/C21H21F3N2O/c22-21(23,24)26(20(27)16-4-2-1-3-5-16)17-10-8-15(9-11-17)18-12-19(18)25-13-14-6-7-14/h1-5,8-11,14,18-19,25H,6-7,12-13H2/t18-,19+/m0/s1. The average molecular weight is 374 g/mol. The van der Waals surface area contributed by atoms with Crippen LogP contribution in [0.25, 0.3) is 0 Å². The number of benzene rings is 2. The summed E-state index contributed by atoms with van der Waals surface area (Å²) in [6.07, 6.45) is -1.19. The Hall–Kier alpha value is -2.34. The number of hydrogen-bond donors (Lipinski definition) is 1. The van der Waals surface area contributed by atoms with Crippen molar-refractivity contribution in [3.63, 3.8) is 0 Å². The molecule has 0 saturated heterocycles. The lowest BCUT2D eigenvalue weighted by molar-refractivity contribution is -0.122. The van der Waals surface area contributed by atoms with Crippen LogP contribution < -0.4 is 10.2 Å². The summed E-state index contributed by atoms with van der Waals surface area (Å²) in [5, 5.41) is 3.52. The van der Waals surface area contributed by atoms with Gasteiger partial charge in [0, 0.05) is 17.5 Å². The topological polar surface area (TPSA) is 32.3 Å². The summed E-state index contributed by atoms with van der Waals surface area (Å²) in [6.45, 7) is 1.03. The summed E-state index contributed by atoms with van der Waals surface area (Å²) in [6, 6.07) is 14.1. The summed E-state index contributed by atoms with van der Waals surface area (Å²) in [4.78, 5) is 12.3. The number of nitrogens with zero attached hydrogens (tertiary/aromatic N) is 1. The summed E-state index contributed by atoms with van der Waals surface area (Å²) in [5.74, 6) is 0.0752. The van der Waals surface area contributed by atoms with E-state index in [4.69, 9.17) is 0 Å². The molecule has 2 aromatic rings. The predicted molar refractivity (Wildman–Crippen MR) is 97.6 cm³/mol. The van der Waals surface area contributed by atoms with Crippen molar-refractivity contribution < 1.29 is 18.0 Å². The molecule has 142 valence electrons. The van der Waals surface area contributed by atoms with Crippen LogP contribution in [0.4, 0.5) is 18.9 Å². The van der Waals surface area contributed by atoms with Crippen LogP contribution in [-0.2, 0) is 0 Å². The zero-order valence-electron chi connectivity index (χ0n) is 14.7. The number of carbonyl (C=O) groups is 1. The molecular formula is C21H21F3N2O. The van der Waals surface area contributed by atoms with Crippen LogP contribution in [-0.4, -0.2) is 24.8 Å². The molecule has 2 atom stereocenters. The van der Waals surface area contributed by atoms with E-state index in [1.54, 1.807) is 30.3 Å². The first-order valence-corrected chi connectivity index (χ1v) is 9.23. The van der Waals surface area contributed by atoms with Gasteiger partial charge in [0.2, 0.25) is 0 Å². The van der Waals surface area contributed by atoms with Crippen LogP contribution in [0.2, 0.25) is 0 Å². The zero-order chi connectivity index (χ0) is 19.0. The van der Waals surface area contributed by atoms with E-state index >= 15 is 0 Å². The third-order valence-electron chi connectivity index (χ3n) is 5.21. The molecule has 0 aliphatic heterocycles. The molecule has 0 bridgehead atoms. The third-order valence-corrected chi connectivity index (χ3v) is 5.21. The van der Waals surface area contributed by atoms with Crippen LogP contribution in [0.15, 0.2) is 54.6 Å². The molecule has 4 rings (SSSR count). The molecule has 2 saturated carbocycles. The molecule has 2 aliphatic carbocycles. The first-order chi connectivity index (χ1) is 12.9. The van der Waals surface area contributed by atoms with E-state index in [9.17, 15) is 18.0 Å². The maximum Gasteiger partial charge on any atom is 0.491 e. The second-order valence-corrected chi connectivity index (χ2v) is 7.37. The van der Waals surface area contributed by atoms with Crippen molar-refractivity contribution in [2.24, 2.45) is 5.92 Å². The van der Waals surface area contributed by atoms with Gasteiger partial charge in [0.1, 0.15) is 0 Å². The van der Waals surface area contributed by atoms with Gasteiger partial charge < -0.3 is 5.32 Å². The minimum absolute atomic E-state index is 0.00503. The highest BCUT2D eigenvalue weighted by atomic mass is 19.4. The molecule has 2 aliphatic rings. The Bertz CT molecular complexity index is 800.